The highest BCUT2D eigenvalue weighted by Gasteiger charge is 2.41. The Kier molecular flexibility index (Phi) is 8.07. The second-order valence-corrected chi connectivity index (χ2v) is 16.2. The van der Waals surface area contributed by atoms with Crippen molar-refractivity contribution in [2.24, 2.45) is 0 Å². The van der Waals surface area contributed by atoms with Crippen LogP contribution in [0.15, 0.2) is 46.9 Å². The summed E-state index contributed by atoms with van der Waals surface area (Å²) in [5, 5.41) is 0. The van der Waals surface area contributed by atoms with Crippen LogP contribution >= 0.6 is 39.1 Å². The molecule has 0 aromatic heterocycles. The smallest absolute Gasteiger partial charge is 0.170 e. The first-order valence-corrected chi connectivity index (χ1v) is 13.7. The van der Waals surface area contributed by atoms with Crippen molar-refractivity contribution in [2.45, 2.75) is 62.5 Å². The summed E-state index contributed by atoms with van der Waals surface area (Å²) in [6, 6.07) is 12.1. The lowest BCUT2D eigenvalue weighted by Gasteiger charge is -2.38. The van der Waals surface area contributed by atoms with Crippen molar-refractivity contribution >= 4 is 47.2 Å². The molecular formula is C24H28BrCl2FSi. The van der Waals surface area contributed by atoms with Crippen LogP contribution in [-0.2, 0) is 4.33 Å². The Labute approximate surface area is 194 Å². The summed E-state index contributed by atoms with van der Waals surface area (Å²) >= 11 is 16.5. The van der Waals surface area contributed by atoms with E-state index in [9.17, 15) is 4.39 Å². The van der Waals surface area contributed by atoms with Gasteiger partial charge in [0, 0.05) is 15.6 Å². The number of benzene rings is 2. The summed E-state index contributed by atoms with van der Waals surface area (Å²) in [7, 11) is -1.80. The highest BCUT2D eigenvalue weighted by Crippen LogP contribution is 2.43. The quantitative estimate of drug-likeness (QED) is 0.213. The SMILES string of the molecule is CC(C)[Si](C#Cc1ccc(C(Cl)(Cl)c2cc(Br)ccc2F)cc1)(C(C)C)C(C)C. The van der Waals surface area contributed by atoms with Crippen LogP contribution in [0.5, 0.6) is 0 Å². The Hall–Kier alpha value is -0.793. The Morgan fingerprint density at radius 1 is 0.897 bits per heavy atom. The van der Waals surface area contributed by atoms with E-state index in [1.807, 2.05) is 24.3 Å². The van der Waals surface area contributed by atoms with E-state index in [0.29, 0.717) is 22.2 Å². The van der Waals surface area contributed by atoms with E-state index in [1.54, 1.807) is 12.1 Å². The van der Waals surface area contributed by atoms with Gasteiger partial charge in [-0.25, -0.2) is 4.39 Å². The van der Waals surface area contributed by atoms with Crippen molar-refractivity contribution in [3.05, 3.63) is 69.4 Å². The number of hydrogen-bond donors (Lipinski definition) is 0. The van der Waals surface area contributed by atoms with E-state index in [-0.39, 0.29) is 5.56 Å². The van der Waals surface area contributed by atoms with Crippen molar-refractivity contribution in [1.82, 2.24) is 0 Å². The molecule has 2 aromatic carbocycles. The zero-order valence-electron chi connectivity index (χ0n) is 17.8. The van der Waals surface area contributed by atoms with Gasteiger partial charge in [-0.15, -0.1) is 5.54 Å². The van der Waals surface area contributed by atoms with E-state index in [4.69, 9.17) is 23.2 Å². The van der Waals surface area contributed by atoms with Gasteiger partial charge in [-0.2, -0.15) is 0 Å². The normalized spacial score (nSPS) is 12.4. The minimum absolute atomic E-state index is 0.222. The van der Waals surface area contributed by atoms with Gasteiger partial charge in [0.2, 0.25) is 0 Å². The maximum Gasteiger partial charge on any atom is 0.170 e. The van der Waals surface area contributed by atoms with Crippen molar-refractivity contribution in [3.8, 4) is 11.5 Å². The average Bonchev–Trinajstić information content (AvgIpc) is 2.63. The third kappa shape index (κ3) is 5.10. The lowest BCUT2D eigenvalue weighted by Crippen LogP contribution is -2.43. The van der Waals surface area contributed by atoms with Gasteiger partial charge >= 0.3 is 0 Å². The van der Waals surface area contributed by atoms with Crippen LogP contribution in [0.4, 0.5) is 4.39 Å². The molecule has 0 nitrogen and oxygen atoms in total. The first-order valence-electron chi connectivity index (χ1n) is 9.90. The first kappa shape index (κ1) is 24.5. The Morgan fingerprint density at radius 3 is 1.90 bits per heavy atom. The van der Waals surface area contributed by atoms with E-state index in [1.165, 1.54) is 6.07 Å². The van der Waals surface area contributed by atoms with E-state index in [0.717, 1.165) is 10.0 Å². The highest BCUT2D eigenvalue weighted by atomic mass is 79.9. The molecule has 0 aliphatic carbocycles. The maximum absolute atomic E-state index is 14.3. The minimum Gasteiger partial charge on any atom is -0.207 e. The maximum atomic E-state index is 14.3. The van der Waals surface area contributed by atoms with Crippen LogP contribution in [0.2, 0.25) is 16.6 Å². The van der Waals surface area contributed by atoms with Gasteiger partial charge in [-0.1, -0.05) is 98.7 Å². The fourth-order valence-electron chi connectivity index (χ4n) is 4.27. The fraction of sp³-hybridized carbons (Fsp3) is 0.417. The third-order valence-corrected chi connectivity index (χ3v) is 13.4. The minimum atomic E-state index is -1.80. The van der Waals surface area contributed by atoms with Crippen LogP contribution in [-0.4, -0.2) is 8.07 Å². The molecule has 5 heteroatoms. The first-order chi connectivity index (χ1) is 13.4. The number of hydrogen-bond acceptors (Lipinski definition) is 0. The summed E-state index contributed by atoms with van der Waals surface area (Å²) in [4.78, 5) is 0. The summed E-state index contributed by atoms with van der Waals surface area (Å²) in [6.45, 7) is 13.8. The van der Waals surface area contributed by atoms with Gasteiger partial charge in [0.15, 0.2) is 4.33 Å². The molecule has 0 bridgehead atoms. The molecule has 0 fully saturated rings. The number of alkyl halides is 2. The predicted octanol–water partition coefficient (Wildman–Crippen LogP) is 8.84. The fourth-order valence-corrected chi connectivity index (χ4v) is 10.4. The molecule has 156 valence electrons. The van der Waals surface area contributed by atoms with Gasteiger partial charge in [0.25, 0.3) is 0 Å². The molecular weight excluding hydrogens is 486 g/mol. The van der Waals surface area contributed by atoms with Gasteiger partial charge in [0.05, 0.1) is 0 Å². The Balaban J connectivity index is 2.41. The lowest BCUT2D eigenvalue weighted by atomic mass is 10.0. The topological polar surface area (TPSA) is 0 Å². The average molecular weight is 514 g/mol. The molecule has 0 saturated carbocycles. The lowest BCUT2D eigenvalue weighted by molar-refractivity contribution is 0.607. The van der Waals surface area contributed by atoms with Gasteiger partial charge in [0.1, 0.15) is 13.9 Å². The molecule has 0 radical (unpaired) electrons. The Morgan fingerprint density at radius 2 is 1.41 bits per heavy atom. The van der Waals surface area contributed by atoms with Crippen molar-refractivity contribution < 1.29 is 4.39 Å². The van der Waals surface area contributed by atoms with Crippen LogP contribution in [0, 0.1) is 17.3 Å². The Bertz CT molecular complexity index is 887. The van der Waals surface area contributed by atoms with Gasteiger partial charge in [-0.05, 0) is 52.5 Å². The molecule has 2 rings (SSSR count). The number of halogens is 4. The molecule has 0 unspecified atom stereocenters. The second kappa shape index (κ2) is 9.56. The monoisotopic (exact) mass is 512 g/mol. The molecule has 0 saturated heterocycles. The largest absolute Gasteiger partial charge is 0.207 e. The zero-order valence-corrected chi connectivity index (χ0v) is 21.9. The molecule has 2 aromatic rings. The van der Waals surface area contributed by atoms with E-state index >= 15 is 0 Å². The molecule has 0 heterocycles. The zero-order chi connectivity index (χ0) is 22.0. The summed E-state index contributed by atoms with van der Waals surface area (Å²) < 4.78 is 13.5. The van der Waals surface area contributed by atoms with Crippen molar-refractivity contribution in [2.75, 3.05) is 0 Å². The summed E-state index contributed by atoms with van der Waals surface area (Å²) in [5.41, 5.74) is 7.20. The van der Waals surface area contributed by atoms with Crippen LogP contribution in [0.1, 0.15) is 58.2 Å². The summed E-state index contributed by atoms with van der Waals surface area (Å²) in [6.07, 6.45) is 0. The van der Waals surface area contributed by atoms with Gasteiger partial charge in [-0.3, -0.25) is 0 Å². The summed E-state index contributed by atoms with van der Waals surface area (Å²) in [5.74, 6) is 2.97. The predicted molar refractivity (Wildman–Crippen MR) is 131 cm³/mol. The second-order valence-electron chi connectivity index (χ2n) is 8.42. The van der Waals surface area contributed by atoms with Crippen LogP contribution in [0.3, 0.4) is 0 Å². The van der Waals surface area contributed by atoms with Gasteiger partial charge < -0.3 is 0 Å². The molecule has 0 N–H and O–H groups in total. The number of rotatable bonds is 5. The third-order valence-electron chi connectivity index (χ3n) is 5.80. The van der Waals surface area contributed by atoms with Crippen molar-refractivity contribution in [3.63, 3.8) is 0 Å². The van der Waals surface area contributed by atoms with Crippen molar-refractivity contribution in [1.29, 1.82) is 0 Å². The molecule has 0 aliphatic rings. The molecule has 0 spiro atoms. The molecule has 0 amide bonds. The van der Waals surface area contributed by atoms with Crippen LogP contribution < -0.4 is 0 Å². The standard InChI is InChI=1S/C24H28BrCl2FSi/c1-16(2)29(17(3)4,18(5)6)14-13-19-7-9-20(10-8-19)24(26,27)22-15-21(25)11-12-23(22)28/h7-12,15-18H,1-6H3. The highest BCUT2D eigenvalue weighted by molar-refractivity contribution is 9.10. The molecule has 0 atom stereocenters. The molecule has 0 aliphatic heterocycles. The van der Waals surface area contributed by atoms with E-state index in [2.05, 4.69) is 68.9 Å². The van der Waals surface area contributed by atoms with Crippen LogP contribution in [0.25, 0.3) is 0 Å². The molecule has 29 heavy (non-hydrogen) atoms. The van der Waals surface area contributed by atoms with E-state index < -0.39 is 18.2 Å².